The van der Waals surface area contributed by atoms with E-state index in [4.69, 9.17) is 10.6 Å². The quantitative estimate of drug-likeness (QED) is 0.466. The lowest BCUT2D eigenvalue weighted by Crippen LogP contribution is -2.45. The van der Waals surface area contributed by atoms with Gasteiger partial charge >= 0.3 is 5.69 Å². The minimum absolute atomic E-state index is 0.0230. The molecule has 2 aliphatic rings. The van der Waals surface area contributed by atoms with Crippen molar-refractivity contribution in [1.29, 1.82) is 0 Å². The van der Waals surface area contributed by atoms with Crippen molar-refractivity contribution in [2.24, 2.45) is 5.84 Å². The van der Waals surface area contributed by atoms with Crippen molar-refractivity contribution in [1.82, 2.24) is 4.31 Å². The Bertz CT molecular complexity index is 661. The van der Waals surface area contributed by atoms with Gasteiger partial charge in [0.15, 0.2) is 5.00 Å². The number of nitrogens with zero attached hydrogens (tertiary/aromatic N) is 2. The Morgan fingerprint density at radius 3 is 2.52 bits per heavy atom. The van der Waals surface area contributed by atoms with Crippen LogP contribution in [-0.2, 0) is 14.8 Å². The minimum Gasteiger partial charge on any atom is -0.372 e. The lowest BCUT2D eigenvalue weighted by Gasteiger charge is -2.30. The van der Waals surface area contributed by atoms with E-state index in [9.17, 15) is 18.5 Å². The summed E-state index contributed by atoms with van der Waals surface area (Å²) in [4.78, 5) is 10.2. The summed E-state index contributed by atoms with van der Waals surface area (Å²) in [7, 11) is -3.76. The molecule has 1 aromatic rings. The second kappa shape index (κ2) is 5.18. The summed E-state index contributed by atoms with van der Waals surface area (Å²) in [6.07, 6.45) is 1.52. The first-order chi connectivity index (χ1) is 9.91. The van der Waals surface area contributed by atoms with Gasteiger partial charge in [0.05, 0.1) is 17.1 Å². The molecule has 21 heavy (non-hydrogen) atoms. The van der Waals surface area contributed by atoms with E-state index in [-0.39, 0.29) is 40.2 Å². The van der Waals surface area contributed by atoms with E-state index in [0.29, 0.717) is 0 Å². The normalized spacial score (nSPS) is 26.0. The number of sulfonamides is 1. The van der Waals surface area contributed by atoms with Crippen LogP contribution in [0.25, 0.3) is 0 Å². The largest absolute Gasteiger partial charge is 0.372 e. The predicted octanol–water partition coefficient (Wildman–Crippen LogP) is 0.494. The molecule has 2 fully saturated rings. The van der Waals surface area contributed by atoms with Crippen LogP contribution in [0, 0.1) is 10.1 Å². The highest BCUT2D eigenvalue weighted by atomic mass is 32.2. The number of hydrazine groups is 1. The van der Waals surface area contributed by atoms with Gasteiger partial charge in [-0.15, -0.1) is 0 Å². The SMILES string of the molecule is NNc1sc(S(=O)(=O)N2CC3CCC(C2)O3)cc1[N+](=O)[O-]. The van der Waals surface area contributed by atoms with Gasteiger partial charge in [0.25, 0.3) is 10.0 Å². The lowest BCUT2D eigenvalue weighted by molar-refractivity contribution is -0.383. The van der Waals surface area contributed by atoms with Crippen molar-refractivity contribution in [3.63, 3.8) is 0 Å². The van der Waals surface area contributed by atoms with Crippen LogP contribution in [0.4, 0.5) is 10.7 Å². The number of nitrogens with two attached hydrogens (primary N) is 1. The third-order valence-corrected chi connectivity index (χ3v) is 6.96. The van der Waals surface area contributed by atoms with Crippen molar-refractivity contribution in [3.8, 4) is 0 Å². The molecule has 1 aromatic heterocycles. The molecule has 0 aromatic carbocycles. The molecule has 0 saturated carbocycles. The van der Waals surface area contributed by atoms with Crippen LogP contribution < -0.4 is 11.3 Å². The average Bonchev–Trinajstić information content (AvgIpc) is 3.02. The number of rotatable bonds is 4. The smallest absolute Gasteiger partial charge is 0.306 e. The first-order valence-electron chi connectivity index (χ1n) is 6.32. The molecule has 2 bridgehead atoms. The summed E-state index contributed by atoms with van der Waals surface area (Å²) in [5.74, 6) is 5.21. The lowest BCUT2D eigenvalue weighted by atomic mass is 10.2. The third kappa shape index (κ3) is 2.51. The molecule has 2 unspecified atom stereocenters. The van der Waals surface area contributed by atoms with E-state index in [1.165, 1.54) is 4.31 Å². The van der Waals surface area contributed by atoms with Crippen LogP contribution in [0.5, 0.6) is 0 Å². The number of morpholine rings is 1. The summed E-state index contributed by atoms with van der Waals surface area (Å²) in [6.45, 7) is 0.575. The second-order valence-corrected chi connectivity index (χ2v) is 8.18. The fourth-order valence-electron chi connectivity index (χ4n) is 2.63. The Morgan fingerprint density at radius 1 is 1.43 bits per heavy atom. The van der Waals surface area contributed by atoms with Gasteiger partial charge < -0.3 is 10.2 Å². The molecule has 2 atom stereocenters. The Morgan fingerprint density at radius 2 is 2.05 bits per heavy atom. The highest BCUT2D eigenvalue weighted by Crippen LogP contribution is 2.39. The molecule has 0 spiro atoms. The number of nitrogens with one attached hydrogen (secondary N) is 1. The van der Waals surface area contributed by atoms with Crippen LogP contribution in [0.3, 0.4) is 0 Å². The third-order valence-electron chi connectivity index (χ3n) is 3.62. The molecular weight excluding hydrogens is 320 g/mol. The van der Waals surface area contributed by atoms with Gasteiger partial charge in [-0.2, -0.15) is 4.31 Å². The number of ether oxygens (including phenoxy) is 1. The molecule has 2 saturated heterocycles. The zero-order valence-electron chi connectivity index (χ0n) is 10.9. The maximum Gasteiger partial charge on any atom is 0.306 e. The zero-order valence-corrected chi connectivity index (χ0v) is 12.5. The van der Waals surface area contributed by atoms with E-state index < -0.39 is 14.9 Å². The van der Waals surface area contributed by atoms with Gasteiger partial charge in [0.2, 0.25) is 0 Å². The monoisotopic (exact) mass is 334 g/mol. The fraction of sp³-hybridized carbons (Fsp3) is 0.600. The van der Waals surface area contributed by atoms with Crippen molar-refractivity contribution in [2.45, 2.75) is 29.3 Å². The maximum absolute atomic E-state index is 12.6. The summed E-state index contributed by atoms with van der Waals surface area (Å²) in [5, 5.41) is 10.9. The molecule has 2 aliphatic heterocycles. The van der Waals surface area contributed by atoms with Gasteiger partial charge in [-0.05, 0) is 12.8 Å². The molecule has 3 heterocycles. The topological polar surface area (TPSA) is 128 Å². The number of hydrogen-bond acceptors (Lipinski definition) is 8. The van der Waals surface area contributed by atoms with Gasteiger partial charge in [-0.3, -0.25) is 10.1 Å². The van der Waals surface area contributed by atoms with Gasteiger partial charge in [-0.25, -0.2) is 14.3 Å². The molecule has 9 nitrogen and oxygen atoms in total. The van der Waals surface area contributed by atoms with E-state index in [1.807, 2.05) is 0 Å². The Kier molecular flexibility index (Phi) is 3.61. The van der Waals surface area contributed by atoms with E-state index >= 15 is 0 Å². The predicted molar refractivity (Wildman–Crippen MR) is 75.4 cm³/mol. The van der Waals surface area contributed by atoms with E-state index in [0.717, 1.165) is 30.2 Å². The highest BCUT2D eigenvalue weighted by Gasteiger charge is 2.40. The minimum atomic E-state index is -3.76. The maximum atomic E-state index is 12.6. The molecule has 3 rings (SSSR count). The van der Waals surface area contributed by atoms with Crippen molar-refractivity contribution < 1.29 is 18.1 Å². The molecule has 3 N–H and O–H groups in total. The van der Waals surface area contributed by atoms with Crippen molar-refractivity contribution >= 4 is 32.0 Å². The summed E-state index contributed by atoms with van der Waals surface area (Å²) < 4.78 is 32.1. The van der Waals surface area contributed by atoms with Crippen LogP contribution in [-0.4, -0.2) is 42.9 Å². The number of nitro groups is 1. The zero-order chi connectivity index (χ0) is 15.2. The Hall–Kier alpha value is -1.27. The van der Waals surface area contributed by atoms with Crippen LogP contribution in [0.1, 0.15) is 12.8 Å². The number of fused-ring (bicyclic) bond motifs is 2. The van der Waals surface area contributed by atoms with E-state index in [2.05, 4.69) is 5.43 Å². The van der Waals surface area contributed by atoms with Crippen LogP contribution in [0.15, 0.2) is 10.3 Å². The van der Waals surface area contributed by atoms with E-state index in [1.54, 1.807) is 0 Å². The summed E-state index contributed by atoms with van der Waals surface area (Å²) >= 11 is 0.763. The van der Waals surface area contributed by atoms with Crippen LogP contribution >= 0.6 is 11.3 Å². The van der Waals surface area contributed by atoms with Gasteiger partial charge in [0, 0.05) is 19.2 Å². The summed E-state index contributed by atoms with van der Waals surface area (Å²) in [6, 6.07) is 1.05. The second-order valence-electron chi connectivity index (χ2n) is 4.96. The van der Waals surface area contributed by atoms with Crippen molar-refractivity contribution in [2.75, 3.05) is 18.5 Å². The molecule has 0 radical (unpaired) electrons. The van der Waals surface area contributed by atoms with Gasteiger partial charge in [0.1, 0.15) is 4.21 Å². The first kappa shape index (κ1) is 14.7. The summed E-state index contributed by atoms with van der Waals surface area (Å²) in [5.41, 5.74) is 1.84. The fourth-order valence-corrected chi connectivity index (χ4v) is 5.52. The van der Waals surface area contributed by atoms with Crippen LogP contribution in [0.2, 0.25) is 0 Å². The Labute approximate surface area is 124 Å². The standard InChI is InChI=1S/C10H14N4O5S2/c11-12-10-8(14(15)16)3-9(20-10)21(17,18)13-4-6-1-2-7(5-13)19-6/h3,6-7,12H,1-2,4-5,11H2. The number of thiophene rings is 1. The number of anilines is 1. The molecular formula is C10H14N4O5S2. The van der Waals surface area contributed by atoms with Gasteiger partial charge in [-0.1, -0.05) is 11.3 Å². The Balaban J connectivity index is 1.93. The van der Waals surface area contributed by atoms with Crippen molar-refractivity contribution in [3.05, 3.63) is 16.2 Å². The highest BCUT2D eigenvalue weighted by molar-refractivity contribution is 7.91. The number of nitrogen functional groups attached to an aromatic ring is 1. The molecule has 11 heteroatoms. The molecule has 0 amide bonds. The first-order valence-corrected chi connectivity index (χ1v) is 8.58. The average molecular weight is 334 g/mol. The molecule has 116 valence electrons. The molecule has 0 aliphatic carbocycles. The number of hydrogen-bond donors (Lipinski definition) is 2.